The summed E-state index contributed by atoms with van der Waals surface area (Å²) in [4.78, 5) is 14.5. The van der Waals surface area contributed by atoms with Crippen LogP contribution in [0.4, 0.5) is 13.2 Å². The van der Waals surface area contributed by atoms with Crippen molar-refractivity contribution in [2.75, 3.05) is 7.11 Å². The molecule has 0 aliphatic rings. The van der Waals surface area contributed by atoms with Crippen LogP contribution in [0.1, 0.15) is 17.3 Å². The van der Waals surface area contributed by atoms with Crippen LogP contribution < -0.4 is 4.74 Å². The van der Waals surface area contributed by atoms with Crippen molar-refractivity contribution in [1.29, 1.82) is 0 Å². The number of carbonyl (C=O) groups is 1. The quantitative estimate of drug-likeness (QED) is 0.730. The van der Waals surface area contributed by atoms with Crippen LogP contribution in [0.3, 0.4) is 0 Å². The van der Waals surface area contributed by atoms with Gasteiger partial charge < -0.3 is 4.74 Å². The predicted molar refractivity (Wildman–Crippen MR) is 45.7 cm³/mol. The number of ketones is 1. The van der Waals surface area contributed by atoms with Gasteiger partial charge in [-0.2, -0.15) is 8.78 Å². The lowest BCUT2D eigenvalue weighted by atomic mass is 10.1. The van der Waals surface area contributed by atoms with Crippen LogP contribution >= 0.6 is 0 Å². The van der Waals surface area contributed by atoms with Crippen LogP contribution in [-0.4, -0.2) is 23.8 Å². The molecule has 1 aromatic heterocycles. The van der Waals surface area contributed by atoms with Gasteiger partial charge in [0.1, 0.15) is 0 Å². The lowest BCUT2D eigenvalue weighted by Crippen LogP contribution is -2.25. The van der Waals surface area contributed by atoms with Crippen molar-refractivity contribution in [2.45, 2.75) is 12.8 Å². The molecular formula is C9H8F3NO2. The number of rotatable bonds is 3. The van der Waals surface area contributed by atoms with Gasteiger partial charge in [-0.1, -0.05) is 0 Å². The molecule has 3 nitrogen and oxygen atoms in total. The molecule has 0 atom stereocenters. The number of ether oxygens (including phenoxy) is 1. The minimum absolute atomic E-state index is 0.0935. The summed E-state index contributed by atoms with van der Waals surface area (Å²) in [6, 6.07) is 0.842. The Morgan fingerprint density at radius 3 is 2.60 bits per heavy atom. The predicted octanol–water partition coefficient (Wildman–Crippen LogP) is 2.07. The smallest absolute Gasteiger partial charge is 0.307 e. The molecule has 1 rings (SSSR count). The number of Topliss-reactive ketones (excluding diaryl/α,β-unsaturated/α-hetero) is 1. The number of carbonyl (C=O) groups excluding carboxylic acids is 1. The van der Waals surface area contributed by atoms with Crippen LogP contribution in [-0.2, 0) is 0 Å². The Morgan fingerprint density at radius 1 is 1.53 bits per heavy atom. The van der Waals surface area contributed by atoms with E-state index >= 15 is 0 Å². The molecule has 0 saturated heterocycles. The Balaban J connectivity index is 3.19. The van der Waals surface area contributed by atoms with Gasteiger partial charge in [-0.3, -0.25) is 4.79 Å². The van der Waals surface area contributed by atoms with Gasteiger partial charge in [0.15, 0.2) is 5.82 Å². The van der Waals surface area contributed by atoms with Gasteiger partial charge in [-0.15, -0.1) is 0 Å². The molecule has 0 fully saturated rings. The monoisotopic (exact) mass is 219 g/mol. The number of methoxy groups -OCH3 is 1. The van der Waals surface area contributed by atoms with Gasteiger partial charge in [0.2, 0.25) is 11.7 Å². The summed E-state index contributed by atoms with van der Waals surface area (Å²) in [7, 11) is 1.23. The molecule has 1 heterocycles. The Bertz CT molecular complexity index is 387. The standard InChI is InChI=1S/C9H8F3NO2/c1-9(11,12)8(14)5-3-7(15-2)13-4-6(5)10/h3-4H,1-2H3. The molecule has 0 aliphatic heterocycles. The molecule has 0 bridgehead atoms. The lowest BCUT2D eigenvalue weighted by molar-refractivity contribution is 0.0217. The SMILES string of the molecule is COc1cc(C(=O)C(C)(F)F)c(F)cn1. The van der Waals surface area contributed by atoms with E-state index < -0.39 is 23.1 Å². The van der Waals surface area contributed by atoms with Gasteiger partial charge in [0, 0.05) is 13.0 Å². The summed E-state index contributed by atoms with van der Waals surface area (Å²) in [6.07, 6.45) is 0.664. The first kappa shape index (κ1) is 11.5. The summed E-state index contributed by atoms with van der Waals surface area (Å²) in [5.41, 5.74) is -0.727. The molecule has 0 spiro atoms. The molecule has 6 heteroatoms. The average Bonchev–Trinajstić information content (AvgIpc) is 2.16. The molecule has 0 N–H and O–H groups in total. The Morgan fingerprint density at radius 2 is 2.13 bits per heavy atom. The maximum Gasteiger partial charge on any atom is 0.307 e. The van der Waals surface area contributed by atoms with E-state index in [1.807, 2.05) is 0 Å². The first-order valence-corrected chi connectivity index (χ1v) is 3.98. The highest BCUT2D eigenvalue weighted by molar-refractivity contribution is 6.01. The topological polar surface area (TPSA) is 39.2 Å². The number of hydrogen-bond acceptors (Lipinski definition) is 3. The third kappa shape index (κ3) is 2.45. The fraction of sp³-hybridized carbons (Fsp3) is 0.333. The first-order valence-electron chi connectivity index (χ1n) is 3.98. The van der Waals surface area contributed by atoms with Crippen LogP contribution in [0.5, 0.6) is 5.88 Å². The average molecular weight is 219 g/mol. The number of aromatic nitrogens is 1. The van der Waals surface area contributed by atoms with E-state index in [9.17, 15) is 18.0 Å². The maximum absolute atomic E-state index is 13.0. The molecule has 82 valence electrons. The van der Waals surface area contributed by atoms with Crippen LogP contribution in [0.2, 0.25) is 0 Å². The second-order valence-electron chi connectivity index (χ2n) is 2.92. The van der Waals surface area contributed by atoms with Crippen molar-refractivity contribution in [3.05, 3.63) is 23.6 Å². The second-order valence-corrected chi connectivity index (χ2v) is 2.92. The first-order chi connectivity index (χ1) is 6.86. The van der Waals surface area contributed by atoms with E-state index in [0.29, 0.717) is 13.1 Å². The molecule has 0 unspecified atom stereocenters. The highest BCUT2D eigenvalue weighted by atomic mass is 19.3. The van der Waals surface area contributed by atoms with Crippen molar-refractivity contribution >= 4 is 5.78 Å². The Hall–Kier alpha value is -1.59. The molecule has 0 aliphatic carbocycles. The highest BCUT2D eigenvalue weighted by Crippen LogP contribution is 2.22. The van der Waals surface area contributed by atoms with E-state index in [1.165, 1.54) is 7.11 Å². The summed E-state index contributed by atoms with van der Waals surface area (Å²) in [5.74, 6) is -6.40. The number of pyridine rings is 1. The maximum atomic E-state index is 13.0. The van der Waals surface area contributed by atoms with Crippen LogP contribution in [0.15, 0.2) is 12.3 Å². The molecule has 0 radical (unpaired) electrons. The van der Waals surface area contributed by atoms with Gasteiger partial charge in [-0.25, -0.2) is 9.37 Å². The van der Waals surface area contributed by atoms with Gasteiger partial charge in [-0.05, 0) is 0 Å². The second kappa shape index (κ2) is 3.88. The third-order valence-corrected chi connectivity index (χ3v) is 1.68. The summed E-state index contributed by atoms with van der Waals surface area (Å²) in [5, 5.41) is 0. The Kier molecular flexibility index (Phi) is 2.97. The lowest BCUT2D eigenvalue weighted by Gasteiger charge is -2.09. The zero-order valence-electron chi connectivity index (χ0n) is 8.05. The largest absolute Gasteiger partial charge is 0.481 e. The van der Waals surface area contributed by atoms with E-state index in [0.717, 1.165) is 6.07 Å². The van der Waals surface area contributed by atoms with Crippen LogP contribution in [0.25, 0.3) is 0 Å². The molecular weight excluding hydrogens is 211 g/mol. The van der Waals surface area contributed by atoms with Crippen molar-refractivity contribution in [3.8, 4) is 5.88 Å². The molecule has 0 amide bonds. The normalized spacial score (nSPS) is 11.3. The molecule has 0 aromatic carbocycles. The van der Waals surface area contributed by atoms with Crippen LogP contribution in [0, 0.1) is 5.82 Å². The zero-order valence-corrected chi connectivity index (χ0v) is 8.05. The Labute approximate surface area is 83.9 Å². The number of nitrogens with zero attached hydrogens (tertiary/aromatic N) is 1. The fourth-order valence-electron chi connectivity index (χ4n) is 0.942. The van der Waals surface area contributed by atoms with E-state index in [1.54, 1.807) is 0 Å². The number of hydrogen-bond donors (Lipinski definition) is 0. The van der Waals surface area contributed by atoms with E-state index in [4.69, 9.17) is 0 Å². The minimum atomic E-state index is -3.62. The summed E-state index contributed by atoms with van der Waals surface area (Å²) in [6.45, 7) is 0.404. The van der Waals surface area contributed by atoms with Crippen molar-refractivity contribution in [3.63, 3.8) is 0 Å². The van der Waals surface area contributed by atoms with Gasteiger partial charge in [0.05, 0.1) is 18.9 Å². The fourth-order valence-corrected chi connectivity index (χ4v) is 0.942. The van der Waals surface area contributed by atoms with Crippen molar-refractivity contribution in [1.82, 2.24) is 4.98 Å². The van der Waals surface area contributed by atoms with Gasteiger partial charge in [0.25, 0.3) is 0 Å². The molecule has 1 aromatic rings. The number of alkyl halides is 2. The summed E-state index contributed by atoms with van der Waals surface area (Å²) < 4.78 is 42.9. The highest BCUT2D eigenvalue weighted by Gasteiger charge is 2.35. The van der Waals surface area contributed by atoms with Gasteiger partial charge >= 0.3 is 5.92 Å². The summed E-state index contributed by atoms with van der Waals surface area (Å²) >= 11 is 0. The number of halogens is 3. The third-order valence-electron chi connectivity index (χ3n) is 1.68. The van der Waals surface area contributed by atoms with E-state index in [2.05, 4.69) is 9.72 Å². The zero-order chi connectivity index (χ0) is 11.6. The van der Waals surface area contributed by atoms with Crippen molar-refractivity contribution < 1.29 is 22.7 Å². The van der Waals surface area contributed by atoms with E-state index in [-0.39, 0.29) is 5.88 Å². The van der Waals surface area contributed by atoms with Crippen molar-refractivity contribution in [2.24, 2.45) is 0 Å². The molecule has 15 heavy (non-hydrogen) atoms. The molecule has 0 saturated carbocycles. The minimum Gasteiger partial charge on any atom is -0.481 e.